The number of anilines is 2. The molecule has 3 heterocycles. The minimum atomic E-state index is -0.373. The second kappa shape index (κ2) is 7.84. The Morgan fingerprint density at radius 3 is 2.61 bits per heavy atom. The molecule has 158 valence electrons. The minimum absolute atomic E-state index is 0.189. The Labute approximate surface area is 177 Å². The van der Waals surface area contributed by atoms with Crippen LogP contribution < -0.4 is 15.9 Å². The van der Waals surface area contributed by atoms with Gasteiger partial charge in [0.15, 0.2) is 5.82 Å². The Kier molecular flexibility index (Phi) is 4.87. The predicted octanol–water partition coefficient (Wildman–Crippen LogP) is 1.83. The van der Waals surface area contributed by atoms with Crippen LogP contribution in [0.4, 0.5) is 11.5 Å². The third kappa shape index (κ3) is 3.64. The maximum Gasteiger partial charge on any atom is 0.351 e. The van der Waals surface area contributed by atoms with Crippen molar-refractivity contribution in [2.24, 2.45) is 0 Å². The standard InChI is InChI=1S/C22H22N6O3/c1-15-6-8-16(9-7-15)23-19(29)14-27-22(30)28-18-5-3-2-4-17(18)24-20(21(28)25-27)26-10-12-31-13-11-26/h2-9H,10-14H2,1H3,(H,23,29). The van der Waals surface area contributed by atoms with E-state index in [2.05, 4.69) is 15.3 Å². The van der Waals surface area contributed by atoms with Gasteiger partial charge < -0.3 is 15.0 Å². The van der Waals surface area contributed by atoms with Crippen LogP contribution in [0.15, 0.2) is 53.3 Å². The normalized spacial score (nSPS) is 14.3. The molecule has 5 rings (SSSR count). The van der Waals surface area contributed by atoms with Crippen molar-refractivity contribution in [1.82, 2.24) is 19.2 Å². The van der Waals surface area contributed by atoms with Gasteiger partial charge in [0.2, 0.25) is 11.6 Å². The molecule has 0 aliphatic carbocycles. The van der Waals surface area contributed by atoms with Crippen molar-refractivity contribution in [2.75, 3.05) is 36.5 Å². The number of morpholine rings is 1. The maximum absolute atomic E-state index is 13.2. The third-order valence-electron chi connectivity index (χ3n) is 5.33. The number of carbonyl (C=O) groups is 1. The Morgan fingerprint density at radius 1 is 1.10 bits per heavy atom. The molecule has 1 aliphatic heterocycles. The fraction of sp³-hybridized carbons (Fsp3) is 0.273. The average Bonchev–Trinajstić information content (AvgIpc) is 3.11. The van der Waals surface area contributed by atoms with Crippen LogP contribution in [0.3, 0.4) is 0 Å². The van der Waals surface area contributed by atoms with Crippen molar-refractivity contribution >= 4 is 34.1 Å². The summed E-state index contributed by atoms with van der Waals surface area (Å²) in [7, 11) is 0. The lowest BCUT2D eigenvalue weighted by atomic mass is 10.2. The van der Waals surface area contributed by atoms with E-state index in [1.165, 1.54) is 9.08 Å². The Balaban J connectivity index is 1.55. The zero-order chi connectivity index (χ0) is 21.4. The highest BCUT2D eigenvalue weighted by Crippen LogP contribution is 2.23. The lowest BCUT2D eigenvalue weighted by molar-refractivity contribution is -0.117. The van der Waals surface area contributed by atoms with E-state index in [0.717, 1.165) is 5.56 Å². The summed E-state index contributed by atoms with van der Waals surface area (Å²) >= 11 is 0. The third-order valence-corrected chi connectivity index (χ3v) is 5.33. The van der Waals surface area contributed by atoms with Crippen LogP contribution in [-0.2, 0) is 16.1 Å². The quantitative estimate of drug-likeness (QED) is 0.544. The SMILES string of the molecule is Cc1ccc(NC(=O)Cn2nc3c(N4CCOCC4)nc4ccccc4n3c2=O)cc1. The van der Waals surface area contributed by atoms with E-state index in [4.69, 9.17) is 9.72 Å². The molecular formula is C22H22N6O3. The van der Waals surface area contributed by atoms with Crippen molar-refractivity contribution in [3.05, 3.63) is 64.6 Å². The van der Waals surface area contributed by atoms with E-state index in [-0.39, 0.29) is 18.1 Å². The van der Waals surface area contributed by atoms with Gasteiger partial charge in [-0.1, -0.05) is 29.8 Å². The number of amides is 1. The summed E-state index contributed by atoms with van der Waals surface area (Å²) in [6, 6.07) is 14.9. The van der Waals surface area contributed by atoms with Gasteiger partial charge in [-0.25, -0.2) is 18.9 Å². The molecule has 0 saturated carbocycles. The van der Waals surface area contributed by atoms with Gasteiger partial charge >= 0.3 is 5.69 Å². The van der Waals surface area contributed by atoms with Gasteiger partial charge in [-0.15, -0.1) is 5.10 Å². The monoisotopic (exact) mass is 418 g/mol. The molecule has 0 radical (unpaired) electrons. The summed E-state index contributed by atoms with van der Waals surface area (Å²) in [6.45, 7) is 4.29. The fourth-order valence-corrected chi connectivity index (χ4v) is 3.75. The molecule has 0 bridgehead atoms. The Bertz CT molecular complexity index is 1320. The molecule has 0 spiro atoms. The highest BCUT2D eigenvalue weighted by Gasteiger charge is 2.22. The molecule has 1 amide bonds. The van der Waals surface area contributed by atoms with Gasteiger partial charge in [-0.05, 0) is 31.2 Å². The number of hydrogen-bond acceptors (Lipinski definition) is 6. The molecule has 1 N–H and O–H groups in total. The van der Waals surface area contributed by atoms with Gasteiger partial charge in [-0.3, -0.25) is 4.79 Å². The lowest BCUT2D eigenvalue weighted by Crippen LogP contribution is -2.37. The van der Waals surface area contributed by atoms with Crippen LogP contribution in [0.5, 0.6) is 0 Å². The predicted molar refractivity (Wildman–Crippen MR) is 118 cm³/mol. The van der Waals surface area contributed by atoms with E-state index in [1.807, 2.05) is 55.5 Å². The van der Waals surface area contributed by atoms with Crippen LogP contribution in [0, 0.1) is 6.92 Å². The summed E-state index contributed by atoms with van der Waals surface area (Å²) in [5, 5.41) is 7.31. The van der Waals surface area contributed by atoms with Crippen molar-refractivity contribution in [1.29, 1.82) is 0 Å². The molecule has 1 saturated heterocycles. The molecule has 1 fully saturated rings. The van der Waals surface area contributed by atoms with Crippen LogP contribution in [0.2, 0.25) is 0 Å². The molecule has 9 heteroatoms. The number of fused-ring (bicyclic) bond motifs is 3. The van der Waals surface area contributed by atoms with Crippen LogP contribution in [0.25, 0.3) is 16.7 Å². The smallest absolute Gasteiger partial charge is 0.351 e. The molecule has 0 unspecified atom stereocenters. The number of nitrogens with zero attached hydrogens (tertiary/aromatic N) is 5. The Hall–Kier alpha value is -3.72. The molecule has 31 heavy (non-hydrogen) atoms. The Morgan fingerprint density at radius 2 is 1.84 bits per heavy atom. The number of aromatic nitrogens is 4. The molecule has 0 atom stereocenters. The second-order valence-corrected chi connectivity index (χ2v) is 7.54. The lowest BCUT2D eigenvalue weighted by Gasteiger charge is -2.27. The van der Waals surface area contributed by atoms with Gasteiger partial charge in [0, 0.05) is 18.8 Å². The number of rotatable bonds is 4. The first kappa shape index (κ1) is 19.3. The largest absolute Gasteiger partial charge is 0.378 e. The van der Waals surface area contributed by atoms with Crippen LogP contribution in [-0.4, -0.2) is 51.4 Å². The van der Waals surface area contributed by atoms with Crippen molar-refractivity contribution in [3.63, 3.8) is 0 Å². The number of hydrogen-bond donors (Lipinski definition) is 1. The topological polar surface area (TPSA) is 93.8 Å². The molecule has 2 aromatic heterocycles. The van der Waals surface area contributed by atoms with Gasteiger partial charge in [0.05, 0.1) is 24.2 Å². The van der Waals surface area contributed by atoms with Crippen LogP contribution >= 0.6 is 0 Å². The van der Waals surface area contributed by atoms with Gasteiger partial charge in [0.1, 0.15) is 6.54 Å². The zero-order valence-electron chi connectivity index (χ0n) is 17.1. The zero-order valence-corrected chi connectivity index (χ0v) is 17.1. The first-order chi connectivity index (χ1) is 15.1. The van der Waals surface area contributed by atoms with Crippen molar-refractivity contribution in [3.8, 4) is 0 Å². The van der Waals surface area contributed by atoms with Crippen molar-refractivity contribution in [2.45, 2.75) is 13.5 Å². The second-order valence-electron chi connectivity index (χ2n) is 7.54. The average molecular weight is 418 g/mol. The first-order valence-electron chi connectivity index (χ1n) is 10.2. The number of carbonyl (C=O) groups excluding carboxylic acids is 1. The van der Waals surface area contributed by atoms with E-state index in [1.54, 1.807) is 0 Å². The highest BCUT2D eigenvalue weighted by atomic mass is 16.5. The molecular weight excluding hydrogens is 396 g/mol. The summed E-state index contributed by atoms with van der Waals surface area (Å²) < 4.78 is 8.18. The molecule has 9 nitrogen and oxygen atoms in total. The van der Waals surface area contributed by atoms with Crippen LogP contribution in [0.1, 0.15) is 5.56 Å². The van der Waals surface area contributed by atoms with Gasteiger partial charge in [0.25, 0.3) is 0 Å². The maximum atomic E-state index is 13.2. The summed E-state index contributed by atoms with van der Waals surface area (Å²) in [4.78, 5) is 32.6. The summed E-state index contributed by atoms with van der Waals surface area (Å²) in [5.41, 5.74) is 3.20. The fourth-order valence-electron chi connectivity index (χ4n) is 3.75. The summed E-state index contributed by atoms with van der Waals surface area (Å²) in [5.74, 6) is 0.302. The van der Waals surface area contributed by atoms with E-state index in [9.17, 15) is 9.59 Å². The van der Waals surface area contributed by atoms with E-state index >= 15 is 0 Å². The highest BCUT2D eigenvalue weighted by molar-refractivity contribution is 5.90. The summed E-state index contributed by atoms with van der Waals surface area (Å²) in [6.07, 6.45) is 0. The number of nitrogens with one attached hydrogen (secondary N) is 1. The van der Waals surface area contributed by atoms with Gasteiger partial charge in [-0.2, -0.15) is 0 Å². The van der Waals surface area contributed by atoms with Crippen molar-refractivity contribution < 1.29 is 9.53 Å². The number of ether oxygens (including phenoxy) is 1. The first-order valence-corrected chi connectivity index (χ1v) is 10.2. The number of aryl methyl sites for hydroxylation is 1. The number of para-hydroxylation sites is 2. The van der Waals surface area contributed by atoms with E-state index in [0.29, 0.717) is 54.5 Å². The molecule has 2 aromatic carbocycles. The number of benzene rings is 2. The minimum Gasteiger partial charge on any atom is -0.378 e. The molecule has 4 aromatic rings. The molecule has 1 aliphatic rings. The van der Waals surface area contributed by atoms with E-state index < -0.39 is 0 Å².